The number of fused-ring (bicyclic) bond motifs is 5. The average molecular weight is 592 g/mol. The van der Waals surface area contributed by atoms with Crippen molar-refractivity contribution in [2.75, 3.05) is 6.61 Å². The van der Waals surface area contributed by atoms with E-state index >= 15 is 0 Å². The average Bonchev–Trinajstić information content (AvgIpc) is 3.19. The summed E-state index contributed by atoms with van der Waals surface area (Å²) in [5.41, 5.74) is -1.95. The number of rotatable bonds is 11. The lowest BCUT2D eigenvalue weighted by Crippen LogP contribution is -2.62. The smallest absolute Gasteiger partial charge is 0.326 e. The fraction of sp³-hybridized carbons (Fsp3) is 0.733. The van der Waals surface area contributed by atoms with E-state index in [1.807, 2.05) is 6.92 Å². The van der Waals surface area contributed by atoms with Crippen LogP contribution < -0.4 is 5.32 Å². The molecule has 1 amide bonds. The first kappa shape index (κ1) is 31.8. The molecule has 0 heterocycles. The van der Waals surface area contributed by atoms with Gasteiger partial charge in [-0.05, 0) is 74.2 Å². The molecule has 4 aliphatic carbocycles. The number of carboxylic acid groups (broad SMARTS) is 2. The number of Topliss-reactive ketones (excluding diaryl/α,β-unsaturated/α-hetero) is 1. The van der Waals surface area contributed by atoms with Gasteiger partial charge in [0.1, 0.15) is 11.6 Å². The monoisotopic (exact) mass is 591 g/mol. The summed E-state index contributed by atoms with van der Waals surface area (Å²) in [5, 5.41) is 43.3. The van der Waals surface area contributed by atoms with E-state index in [-0.39, 0.29) is 48.2 Å². The lowest BCUT2D eigenvalue weighted by molar-refractivity contribution is -0.184. The molecule has 3 saturated carbocycles. The third-order valence-electron chi connectivity index (χ3n) is 10.7. The Kier molecular flexibility index (Phi) is 8.99. The second kappa shape index (κ2) is 11.9. The van der Waals surface area contributed by atoms with Crippen molar-refractivity contribution in [2.45, 2.75) is 102 Å². The molecule has 0 saturated heterocycles. The van der Waals surface area contributed by atoms with E-state index in [9.17, 15) is 39.0 Å². The van der Waals surface area contributed by atoms with Gasteiger partial charge < -0.3 is 30.5 Å². The van der Waals surface area contributed by atoms with E-state index in [2.05, 4.69) is 12.2 Å². The summed E-state index contributed by atoms with van der Waals surface area (Å²) in [6, 6.07) is -1.42. The number of aliphatic hydroxyl groups excluding tert-OH is 1. The minimum absolute atomic E-state index is 0.0291. The number of hydrogen-bond donors (Lipinski definition) is 5. The quantitative estimate of drug-likeness (QED) is 0.218. The minimum Gasteiger partial charge on any atom is -0.481 e. The van der Waals surface area contributed by atoms with Crippen LogP contribution in [0.3, 0.4) is 0 Å². The Morgan fingerprint density at radius 2 is 1.76 bits per heavy atom. The fourth-order valence-electron chi connectivity index (χ4n) is 8.50. The highest BCUT2D eigenvalue weighted by Gasteiger charge is 2.68. The summed E-state index contributed by atoms with van der Waals surface area (Å²) in [6.45, 7) is 3.25. The van der Waals surface area contributed by atoms with Gasteiger partial charge >= 0.3 is 17.9 Å². The zero-order valence-corrected chi connectivity index (χ0v) is 24.1. The van der Waals surface area contributed by atoms with Crippen LogP contribution in [0.2, 0.25) is 0 Å². The Bertz CT molecular complexity index is 1200. The SMILES string of the molecule is C[C@]12CCC(=O)C=C1CC[C@H]1[C@H]2[C@@H](O)C[C@@]2(C)[C@@H]1CC[C@]2(O)C(=O)COC(=O)CCC(=O)N[C@@H](CCC(=O)O)C(=O)O. The molecule has 0 aliphatic heterocycles. The first-order valence-corrected chi connectivity index (χ1v) is 14.7. The second-order valence-electron chi connectivity index (χ2n) is 13.0. The van der Waals surface area contributed by atoms with Crippen molar-refractivity contribution in [3.05, 3.63) is 11.6 Å². The summed E-state index contributed by atoms with van der Waals surface area (Å²) in [6.07, 6.45) is 2.91. The van der Waals surface area contributed by atoms with Crippen molar-refractivity contribution in [1.29, 1.82) is 0 Å². The molecule has 42 heavy (non-hydrogen) atoms. The zero-order valence-electron chi connectivity index (χ0n) is 24.1. The number of ether oxygens (including phenoxy) is 1. The largest absolute Gasteiger partial charge is 0.481 e. The molecule has 4 rings (SSSR count). The third kappa shape index (κ3) is 5.75. The first-order valence-electron chi connectivity index (χ1n) is 14.7. The number of allylic oxidation sites excluding steroid dienone is 1. The van der Waals surface area contributed by atoms with E-state index in [1.165, 1.54) is 0 Å². The first-order chi connectivity index (χ1) is 19.6. The van der Waals surface area contributed by atoms with Crippen molar-refractivity contribution in [1.82, 2.24) is 5.32 Å². The van der Waals surface area contributed by atoms with E-state index in [0.29, 0.717) is 19.3 Å². The van der Waals surface area contributed by atoms with Gasteiger partial charge in [0.2, 0.25) is 11.7 Å². The number of esters is 1. The summed E-state index contributed by atoms with van der Waals surface area (Å²) in [7, 11) is 0. The molecule has 5 N–H and O–H groups in total. The molecule has 12 nitrogen and oxygen atoms in total. The Morgan fingerprint density at radius 1 is 1.05 bits per heavy atom. The number of aliphatic carboxylic acids is 2. The van der Waals surface area contributed by atoms with Crippen LogP contribution in [0, 0.1) is 28.6 Å². The van der Waals surface area contributed by atoms with E-state index in [1.54, 1.807) is 6.08 Å². The topological polar surface area (TPSA) is 205 Å². The van der Waals surface area contributed by atoms with Crippen molar-refractivity contribution in [2.24, 2.45) is 28.6 Å². The number of nitrogens with one attached hydrogen (secondary N) is 1. The van der Waals surface area contributed by atoms with E-state index in [4.69, 9.17) is 14.9 Å². The summed E-state index contributed by atoms with van der Waals surface area (Å²) in [5.74, 6) is -4.86. The minimum atomic E-state index is -1.81. The van der Waals surface area contributed by atoms with Gasteiger partial charge in [-0.25, -0.2) is 4.79 Å². The maximum atomic E-state index is 13.4. The zero-order chi connectivity index (χ0) is 31.0. The molecule has 0 bridgehead atoms. The van der Waals surface area contributed by atoms with Gasteiger partial charge in [-0.2, -0.15) is 0 Å². The number of carbonyl (C=O) groups is 6. The Labute approximate surface area is 243 Å². The van der Waals surface area contributed by atoms with Gasteiger partial charge in [0.25, 0.3) is 0 Å². The predicted molar refractivity (Wildman–Crippen MR) is 145 cm³/mol. The maximum Gasteiger partial charge on any atom is 0.326 e. The molecule has 0 radical (unpaired) electrons. The number of amides is 1. The van der Waals surface area contributed by atoms with Gasteiger partial charge in [-0.15, -0.1) is 0 Å². The molecule has 0 aromatic carbocycles. The fourth-order valence-corrected chi connectivity index (χ4v) is 8.50. The Morgan fingerprint density at radius 3 is 2.43 bits per heavy atom. The van der Waals surface area contributed by atoms with Gasteiger partial charge in [-0.3, -0.25) is 24.0 Å². The van der Waals surface area contributed by atoms with Crippen LogP contribution in [-0.2, 0) is 33.5 Å². The molecule has 0 spiro atoms. The number of hydrogen-bond acceptors (Lipinski definition) is 9. The molecule has 0 unspecified atom stereocenters. The molecule has 12 heteroatoms. The van der Waals surface area contributed by atoms with Gasteiger partial charge in [0, 0.05) is 24.7 Å². The van der Waals surface area contributed by atoms with E-state index in [0.717, 1.165) is 18.4 Å². The molecule has 3 fully saturated rings. The molecular formula is C30H41NO11. The number of aliphatic hydroxyl groups is 2. The van der Waals surface area contributed by atoms with Crippen LogP contribution >= 0.6 is 0 Å². The molecule has 4 aliphatic rings. The second-order valence-corrected chi connectivity index (χ2v) is 13.0. The normalized spacial score (nSPS) is 36.0. The van der Waals surface area contributed by atoms with E-state index < -0.39 is 78.6 Å². The Hall–Kier alpha value is -3.12. The highest BCUT2D eigenvalue weighted by Crippen LogP contribution is 2.67. The number of carboxylic acids is 2. The van der Waals surface area contributed by atoms with Crippen LogP contribution in [0.1, 0.15) is 84.5 Å². The third-order valence-corrected chi connectivity index (χ3v) is 10.7. The number of ketones is 2. The van der Waals surface area contributed by atoms with Gasteiger partial charge in [0.15, 0.2) is 12.4 Å². The molecule has 0 aromatic heterocycles. The summed E-state index contributed by atoms with van der Waals surface area (Å²) >= 11 is 0. The predicted octanol–water partition coefficient (Wildman–Crippen LogP) is 1.55. The molecular weight excluding hydrogens is 550 g/mol. The maximum absolute atomic E-state index is 13.4. The summed E-state index contributed by atoms with van der Waals surface area (Å²) in [4.78, 5) is 71.8. The van der Waals surface area contributed by atoms with Gasteiger partial charge in [0.05, 0.1) is 12.5 Å². The van der Waals surface area contributed by atoms with Gasteiger partial charge in [-0.1, -0.05) is 19.4 Å². The molecule has 0 aromatic rings. The highest BCUT2D eigenvalue weighted by atomic mass is 16.5. The molecule has 8 atom stereocenters. The van der Waals surface area contributed by atoms with Crippen LogP contribution in [0.15, 0.2) is 11.6 Å². The van der Waals surface area contributed by atoms with Crippen LogP contribution in [-0.4, -0.2) is 80.2 Å². The number of carbonyl (C=O) groups excluding carboxylic acids is 4. The standard InChI is InChI=1S/C30H41NO11/c1-28-11-9-17(32)13-16(28)3-4-18-19-10-12-30(41,29(19,2)14-21(33)26(18)28)22(34)15-42-25(38)8-6-23(35)31-20(27(39)40)5-7-24(36)37/h13,18-21,26,33,41H,3-12,14-15H2,1-2H3,(H,31,35)(H,36,37)(H,39,40)/t18-,19-,20+,21+,26+,28+,29+,30+/m1/s1. The van der Waals surface area contributed by atoms with Crippen LogP contribution in [0.4, 0.5) is 0 Å². The lowest BCUT2D eigenvalue weighted by atomic mass is 9.45. The Balaban J connectivity index is 1.34. The van der Waals surface area contributed by atoms with Crippen molar-refractivity contribution < 1.29 is 53.9 Å². The van der Waals surface area contributed by atoms with Crippen molar-refractivity contribution in [3.63, 3.8) is 0 Å². The molecule has 232 valence electrons. The highest BCUT2D eigenvalue weighted by molar-refractivity contribution is 5.92. The van der Waals surface area contributed by atoms with Crippen LogP contribution in [0.25, 0.3) is 0 Å². The summed E-state index contributed by atoms with van der Waals surface area (Å²) < 4.78 is 5.09. The van der Waals surface area contributed by atoms with Crippen LogP contribution in [0.5, 0.6) is 0 Å². The lowest BCUT2D eigenvalue weighted by Gasteiger charge is -2.60. The van der Waals surface area contributed by atoms with Crippen molar-refractivity contribution >= 4 is 35.4 Å². The van der Waals surface area contributed by atoms with Crippen molar-refractivity contribution in [3.8, 4) is 0 Å².